The smallest absolute Gasteiger partial charge is 0.252 e. The Bertz CT molecular complexity index is 1160. The zero-order valence-corrected chi connectivity index (χ0v) is 22.4. The molecule has 0 N–H and O–H groups in total. The van der Waals surface area contributed by atoms with Gasteiger partial charge >= 0.3 is 0 Å². The summed E-state index contributed by atoms with van der Waals surface area (Å²) in [5.74, 6) is 1.15. The number of aromatic nitrogens is 1. The second kappa shape index (κ2) is 11.6. The Labute approximate surface area is 220 Å². The third kappa shape index (κ3) is 6.15. The molecule has 37 heavy (non-hydrogen) atoms. The Hall–Kier alpha value is -2.93. The standard InChI is InChI=1S/C30H40N4O3/c1-22-10-11-27-25(19-22)20-26(29(31-27)33-16-14-32(15-17-33)23(2)35)21-34(30(36)28-9-6-18-37-28)13-12-24-7-4-3-5-8-24/h7,10-11,19-20,28H,3-6,8-9,12-18,21H2,1-2H3/t28-/m0/s1. The zero-order valence-electron chi connectivity index (χ0n) is 22.4. The lowest BCUT2D eigenvalue weighted by Gasteiger charge is -2.36. The molecule has 7 nitrogen and oxygen atoms in total. The average Bonchev–Trinajstić information content (AvgIpc) is 3.46. The molecule has 2 saturated heterocycles. The lowest BCUT2D eigenvalue weighted by molar-refractivity contribution is -0.141. The summed E-state index contributed by atoms with van der Waals surface area (Å²) in [6, 6.07) is 8.56. The summed E-state index contributed by atoms with van der Waals surface area (Å²) in [5.41, 5.74) is 4.70. The van der Waals surface area contributed by atoms with Crippen molar-refractivity contribution in [1.29, 1.82) is 0 Å². The molecular formula is C30H40N4O3. The molecule has 1 aliphatic carbocycles. The summed E-state index contributed by atoms with van der Waals surface area (Å²) < 4.78 is 5.82. The number of aryl methyl sites for hydroxylation is 1. The quantitative estimate of drug-likeness (QED) is 0.515. The minimum absolute atomic E-state index is 0.102. The van der Waals surface area contributed by atoms with Crippen LogP contribution < -0.4 is 4.90 Å². The van der Waals surface area contributed by atoms with Crippen molar-refractivity contribution >= 4 is 28.5 Å². The van der Waals surface area contributed by atoms with E-state index in [1.54, 1.807) is 6.92 Å². The molecule has 1 aromatic carbocycles. The molecule has 5 rings (SSSR count). The van der Waals surface area contributed by atoms with Crippen LogP contribution in [-0.2, 0) is 20.9 Å². The molecule has 2 aliphatic heterocycles. The topological polar surface area (TPSA) is 66.0 Å². The zero-order chi connectivity index (χ0) is 25.8. The Morgan fingerprint density at radius 3 is 2.65 bits per heavy atom. The minimum atomic E-state index is -0.335. The summed E-state index contributed by atoms with van der Waals surface area (Å²) in [4.78, 5) is 36.8. The maximum atomic E-state index is 13.6. The Balaban J connectivity index is 1.45. The highest BCUT2D eigenvalue weighted by Crippen LogP contribution is 2.29. The molecule has 0 unspecified atom stereocenters. The van der Waals surface area contributed by atoms with E-state index in [1.807, 2.05) is 9.80 Å². The van der Waals surface area contributed by atoms with Gasteiger partial charge in [-0.2, -0.15) is 0 Å². The molecule has 1 atom stereocenters. The lowest BCUT2D eigenvalue weighted by atomic mass is 9.97. The van der Waals surface area contributed by atoms with E-state index in [-0.39, 0.29) is 17.9 Å². The number of anilines is 1. The number of carbonyl (C=O) groups is 2. The third-order valence-electron chi connectivity index (χ3n) is 8.02. The molecule has 2 amide bonds. The molecule has 0 radical (unpaired) electrons. The van der Waals surface area contributed by atoms with Gasteiger partial charge in [-0.05, 0) is 70.1 Å². The van der Waals surface area contributed by atoms with E-state index in [2.05, 4.69) is 42.2 Å². The Morgan fingerprint density at radius 1 is 1.11 bits per heavy atom. The van der Waals surface area contributed by atoms with Crippen molar-refractivity contribution in [1.82, 2.24) is 14.8 Å². The Morgan fingerprint density at radius 2 is 1.95 bits per heavy atom. The molecule has 7 heteroatoms. The number of hydrogen-bond acceptors (Lipinski definition) is 5. The van der Waals surface area contributed by atoms with Gasteiger partial charge in [0.2, 0.25) is 5.91 Å². The number of amides is 2. The predicted octanol–water partition coefficient (Wildman–Crippen LogP) is 4.61. The molecule has 3 heterocycles. The van der Waals surface area contributed by atoms with Crippen LogP contribution in [-0.4, -0.2) is 72.0 Å². The molecular weight excluding hydrogens is 464 g/mol. The fourth-order valence-corrected chi connectivity index (χ4v) is 5.81. The molecule has 0 bridgehead atoms. The molecule has 0 spiro atoms. The normalized spacial score (nSPS) is 20.3. The fourth-order valence-electron chi connectivity index (χ4n) is 5.81. The maximum Gasteiger partial charge on any atom is 0.252 e. The van der Waals surface area contributed by atoms with Gasteiger partial charge in [-0.25, -0.2) is 4.98 Å². The van der Waals surface area contributed by atoms with Gasteiger partial charge in [0.1, 0.15) is 11.9 Å². The molecule has 2 aromatic rings. The number of benzene rings is 1. The van der Waals surface area contributed by atoms with Gasteiger partial charge in [-0.3, -0.25) is 9.59 Å². The average molecular weight is 505 g/mol. The number of ether oxygens (including phenoxy) is 1. The summed E-state index contributed by atoms with van der Waals surface area (Å²) >= 11 is 0. The monoisotopic (exact) mass is 504 g/mol. The van der Waals surface area contributed by atoms with E-state index in [0.29, 0.717) is 32.8 Å². The van der Waals surface area contributed by atoms with Crippen LogP contribution in [0.2, 0.25) is 0 Å². The summed E-state index contributed by atoms with van der Waals surface area (Å²) in [7, 11) is 0. The van der Waals surface area contributed by atoms with Gasteiger partial charge in [0.25, 0.3) is 5.91 Å². The van der Waals surface area contributed by atoms with Crippen molar-refractivity contribution < 1.29 is 14.3 Å². The van der Waals surface area contributed by atoms with Crippen LogP contribution in [0.3, 0.4) is 0 Å². The van der Waals surface area contributed by atoms with Gasteiger partial charge in [0.05, 0.1) is 5.52 Å². The van der Waals surface area contributed by atoms with E-state index in [1.165, 1.54) is 24.0 Å². The SMILES string of the molecule is CC(=O)N1CCN(c2nc3ccc(C)cc3cc2CN(CCC2=CCCCC2)C(=O)[C@@H]2CCCO2)CC1. The molecule has 198 valence electrons. The third-order valence-corrected chi connectivity index (χ3v) is 8.02. The van der Waals surface area contributed by atoms with Crippen LogP contribution in [0.1, 0.15) is 63.0 Å². The first kappa shape index (κ1) is 25.7. The van der Waals surface area contributed by atoms with Gasteiger partial charge in [0, 0.05) is 63.7 Å². The summed E-state index contributed by atoms with van der Waals surface area (Å²) in [6.07, 6.45) is 9.51. The number of pyridine rings is 1. The van der Waals surface area contributed by atoms with Crippen LogP contribution in [0.25, 0.3) is 10.9 Å². The molecule has 1 aromatic heterocycles. The van der Waals surface area contributed by atoms with Crippen molar-refractivity contribution in [2.75, 3.05) is 44.2 Å². The first-order chi connectivity index (χ1) is 18.0. The Kier molecular flexibility index (Phi) is 8.08. The van der Waals surface area contributed by atoms with E-state index in [4.69, 9.17) is 9.72 Å². The number of carbonyl (C=O) groups excluding carboxylic acids is 2. The molecule has 2 fully saturated rings. The van der Waals surface area contributed by atoms with Gasteiger partial charge in [-0.1, -0.05) is 23.3 Å². The van der Waals surface area contributed by atoms with E-state index >= 15 is 0 Å². The second-order valence-electron chi connectivity index (χ2n) is 10.8. The molecule has 3 aliphatic rings. The lowest BCUT2D eigenvalue weighted by Crippen LogP contribution is -2.48. The number of nitrogens with zero attached hydrogens (tertiary/aromatic N) is 4. The van der Waals surface area contributed by atoms with E-state index < -0.39 is 0 Å². The number of allylic oxidation sites excluding steroid dienone is 1. The van der Waals surface area contributed by atoms with Crippen LogP contribution in [0.4, 0.5) is 5.82 Å². The van der Waals surface area contributed by atoms with E-state index in [9.17, 15) is 9.59 Å². The van der Waals surface area contributed by atoms with Crippen LogP contribution >= 0.6 is 0 Å². The number of fused-ring (bicyclic) bond motifs is 1. The fraction of sp³-hybridized carbons (Fsp3) is 0.567. The largest absolute Gasteiger partial charge is 0.368 e. The highest BCUT2D eigenvalue weighted by Gasteiger charge is 2.30. The predicted molar refractivity (Wildman–Crippen MR) is 147 cm³/mol. The van der Waals surface area contributed by atoms with Crippen LogP contribution in [0.15, 0.2) is 35.9 Å². The van der Waals surface area contributed by atoms with Crippen molar-refractivity contribution in [3.8, 4) is 0 Å². The van der Waals surface area contributed by atoms with E-state index in [0.717, 1.165) is 67.5 Å². The summed E-state index contributed by atoms with van der Waals surface area (Å²) in [5, 5.41) is 1.10. The number of rotatable bonds is 7. The highest BCUT2D eigenvalue weighted by atomic mass is 16.5. The van der Waals surface area contributed by atoms with Crippen molar-refractivity contribution in [2.24, 2.45) is 0 Å². The first-order valence-electron chi connectivity index (χ1n) is 14.0. The second-order valence-corrected chi connectivity index (χ2v) is 10.8. The summed E-state index contributed by atoms with van der Waals surface area (Å²) in [6.45, 7) is 8.47. The van der Waals surface area contributed by atoms with Crippen LogP contribution in [0.5, 0.6) is 0 Å². The maximum absolute atomic E-state index is 13.6. The first-order valence-corrected chi connectivity index (χ1v) is 14.0. The van der Waals surface area contributed by atoms with Crippen molar-refractivity contribution in [2.45, 2.75) is 71.4 Å². The van der Waals surface area contributed by atoms with Crippen molar-refractivity contribution in [3.05, 3.63) is 47.0 Å². The number of hydrogen-bond donors (Lipinski definition) is 0. The van der Waals surface area contributed by atoms with Gasteiger partial charge in [-0.15, -0.1) is 0 Å². The van der Waals surface area contributed by atoms with Gasteiger partial charge < -0.3 is 19.4 Å². The highest BCUT2D eigenvalue weighted by molar-refractivity contribution is 5.84. The van der Waals surface area contributed by atoms with Gasteiger partial charge in [0.15, 0.2) is 0 Å². The van der Waals surface area contributed by atoms with Crippen molar-refractivity contribution in [3.63, 3.8) is 0 Å². The molecule has 0 saturated carbocycles. The minimum Gasteiger partial charge on any atom is -0.368 e. The number of piperazine rings is 1. The van der Waals surface area contributed by atoms with Crippen LogP contribution in [0, 0.1) is 6.92 Å².